The number of nitro benzene ring substituents is 2. The Hall–Kier alpha value is -2.94. The molecule has 130 valence electrons. The van der Waals surface area contributed by atoms with Crippen LogP contribution in [0.3, 0.4) is 0 Å². The van der Waals surface area contributed by atoms with Crippen molar-refractivity contribution in [2.75, 3.05) is 12.3 Å². The number of benzene rings is 2. The quantitative estimate of drug-likeness (QED) is 0.439. The fraction of sp³-hybridized carbons (Fsp3) is 0.188. The Labute approximate surface area is 147 Å². The van der Waals surface area contributed by atoms with Crippen molar-refractivity contribution in [1.29, 1.82) is 0 Å². The average molecular weight is 361 g/mol. The van der Waals surface area contributed by atoms with Crippen molar-refractivity contribution in [3.05, 3.63) is 79.9 Å². The predicted molar refractivity (Wildman–Crippen MR) is 94.7 cm³/mol. The molecule has 2 rings (SSSR count). The van der Waals surface area contributed by atoms with Gasteiger partial charge < -0.3 is 5.32 Å². The number of nitro groups is 2. The van der Waals surface area contributed by atoms with Crippen molar-refractivity contribution in [2.45, 2.75) is 5.75 Å². The maximum Gasteiger partial charge on any atom is 0.277 e. The Bertz CT molecular complexity index is 750. The smallest absolute Gasteiger partial charge is 0.277 e. The SMILES string of the molecule is O=C(NCCSCc1ccccc1)c1cc([N+](=O)[O-])cc([N+](=O)[O-])c1. The lowest BCUT2D eigenvalue weighted by Crippen LogP contribution is -2.25. The lowest BCUT2D eigenvalue weighted by atomic mass is 10.1. The molecule has 25 heavy (non-hydrogen) atoms. The van der Waals surface area contributed by atoms with Gasteiger partial charge in [0, 0.05) is 30.2 Å². The van der Waals surface area contributed by atoms with Gasteiger partial charge in [0.15, 0.2) is 0 Å². The van der Waals surface area contributed by atoms with Crippen LogP contribution in [0.4, 0.5) is 11.4 Å². The molecule has 0 heterocycles. The second-order valence-corrected chi connectivity index (χ2v) is 6.15. The highest BCUT2D eigenvalue weighted by molar-refractivity contribution is 7.98. The summed E-state index contributed by atoms with van der Waals surface area (Å²) < 4.78 is 0. The molecule has 0 atom stereocenters. The number of hydrogen-bond acceptors (Lipinski definition) is 6. The molecule has 0 bridgehead atoms. The molecule has 0 aromatic heterocycles. The monoisotopic (exact) mass is 361 g/mol. The lowest BCUT2D eigenvalue weighted by Gasteiger charge is -2.06. The number of carbonyl (C=O) groups excluding carboxylic acids is 1. The maximum atomic E-state index is 12.1. The summed E-state index contributed by atoms with van der Waals surface area (Å²) in [6.45, 7) is 0.354. The van der Waals surface area contributed by atoms with Gasteiger partial charge in [0.05, 0.1) is 21.5 Å². The van der Waals surface area contributed by atoms with Gasteiger partial charge in [-0.3, -0.25) is 25.0 Å². The molecule has 0 unspecified atom stereocenters. The van der Waals surface area contributed by atoms with Crippen LogP contribution in [0, 0.1) is 20.2 Å². The van der Waals surface area contributed by atoms with E-state index in [9.17, 15) is 25.0 Å². The zero-order chi connectivity index (χ0) is 18.2. The second kappa shape index (κ2) is 8.78. The van der Waals surface area contributed by atoms with Gasteiger partial charge in [0.25, 0.3) is 17.3 Å². The fourth-order valence-electron chi connectivity index (χ4n) is 2.04. The second-order valence-electron chi connectivity index (χ2n) is 5.05. The minimum atomic E-state index is -0.764. The summed E-state index contributed by atoms with van der Waals surface area (Å²) >= 11 is 1.63. The number of rotatable bonds is 8. The van der Waals surface area contributed by atoms with Crippen LogP contribution >= 0.6 is 11.8 Å². The molecule has 0 spiro atoms. The maximum absolute atomic E-state index is 12.1. The highest BCUT2D eigenvalue weighted by atomic mass is 32.2. The van der Waals surface area contributed by atoms with E-state index in [0.717, 1.165) is 24.0 Å². The average Bonchev–Trinajstić information content (AvgIpc) is 2.61. The van der Waals surface area contributed by atoms with Gasteiger partial charge in [-0.15, -0.1) is 0 Å². The molecule has 9 heteroatoms. The van der Waals surface area contributed by atoms with Gasteiger partial charge in [0.1, 0.15) is 0 Å². The number of nitrogens with zero attached hydrogens (tertiary/aromatic N) is 2. The third kappa shape index (κ3) is 5.57. The van der Waals surface area contributed by atoms with Gasteiger partial charge in [-0.05, 0) is 5.56 Å². The molecule has 0 saturated heterocycles. The van der Waals surface area contributed by atoms with Crippen LogP contribution in [0.15, 0.2) is 48.5 Å². The van der Waals surface area contributed by atoms with Crippen molar-refractivity contribution in [1.82, 2.24) is 5.32 Å². The molecule has 0 aliphatic heterocycles. The molecule has 2 aromatic carbocycles. The van der Waals surface area contributed by atoms with E-state index in [1.165, 1.54) is 5.56 Å². The third-order valence-corrected chi connectivity index (χ3v) is 4.26. The normalized spacial score (nSPS) is 10.2. The highest BCUT2D eigenvalue weighted by Gasteiger charge is 2.19. The minimum Gasteiger partial charge on any atom is -0.351 e. The van der Waals surface area contributed by atoms with Crippen molar-refractivity contribution < 1.29 is 14.6 Å². The van der Waals surface area contributed by atoms with Crippen LogP contribution in [-0.2, 0) is 5.75 Å². The Balaban J connectivity index is 1.89. The molecular formula is C16H15N3O5S. The summed E-state index contributed by atoms with van der Waals surface area (Å²) in [6.07, 6.45) is 0. The topological polar surface area (TPSA) is 115 Å². The van der Waals surface area contributed by atoms with Gasteiger partial charge in [-0.1, -0.05) is 30.3 Å². The number of non-ortho nitro benzene ring substituents is 2. The minimum absolute atomic E-state index is 0.103. The van der Waals surface area contributed by atoms with E-state index >= 15 is 0 Å². The summed E-state index contributed by atoms with van der Waals surface area (Å²) in [7, 11) is 0. The van der Waals surface area contributed by atoms with E-state index in [-0.39, 0.29) is 5.56 Å². The zero-order valence-electron chi connectivity index (χ0n) is 13.1. The number of nitrogens with one attached hydrogen (secondary N) is 1. The van der Waals surface area contributed by atoms with Crippen LogP contribution in [0.2, 0.25) is 0 Å². The van der Waals surface area contributed by atoms with E-state index in [1.807, 2.05) is 30.3 Å². The van der Waals surface area contributed by atoms with Gasteiger partial charge >= 0.3 is 0 Å². The number of thioether (sulfide) groups is 1. The Kier molecular flexibility index (Phi) is 6.47. The predicted octanol–water partition coefficient (Wildman–Crippen LogP) is 3.17. The summed E-state index contributed by atoms with van der Waals surface area (Å²) in [6, 6.07) is 12.7. The molecular weight excluding hydrogens is 346 g/mol. The first-order chi connectivity index (χ1) is 12.0. The summed E-state index contributed by atoms with van der Waals surface area (Å²) in [5.41, 5.74) is 0.0951. The van der Waals surface area contributed by atoms with Gasteiger partial charge in [0.2, 0.25) is 0 Å². The van der Waals surface area contributed by atoms with Crippen LogP contribution in [0.25, 0.3) is 0 Å². The Morgan fingerprint density at radius 2 is 1.60 bits per heavy atom. The summed E-state index contributed by atoms with van der Waals surface area (Å²) in [4.78, 5) is 32.2. The van der Waals surface area contributed by atoms with E-state index in [0.29, 0.717) is 12.3 Å². The molecule has 0 fully saturated rings. The molecule has 1 N–H and O–H groups in total. The van der Waals surface area contributed by atoms with Crippen molar-refractivity contribution in [2.24, 2.45) is 0 Å². The lowest BCUT2D eigenvalue weighted by molar-refractivity contribution is -0.394. The van der Waals surface area contributed by atoms with Crippen LogP contribution in [0.1, 0.15) is 15.9 Å². The largest absolute Gasteiger partial charge is 0.351 e. The summed E-state index contributed by atoms with van der Waals surface area (Å²) in [5.74, 6) is 0.878. The van der Waals surface area contributed by atoms with Crippen molar-refractivity contribution in [3.63, 3.8) is 0 Å². The molecule has 8 nitrogen and oxygen atoms in total. The first-order valence-corrected chi connectivity index (χ1v) is 8.46. The van der Waals surface area contributed by atoms with E-state index in [1.54, 1.807) is 11.8 Å². The van der Waals surface area contributed by atoms with Crippen LogP contribution in [0.5, 0.6) is 0 Å². The summed E-state index contributed by atoms with van der Waals surface area (Å²) in [5, 5.41) is 24.3. The van der Waals surface area contributed by atoms with Crippen LogP contribution < -0.4 is 5.32 Å². The number of hydrogen-bond donors (Lipinski definition) is 1. The standard InChI is InChI=1S/C16H15N3O5S/c20-16(17-6-7-25-11-12-4-2-1-3-5-12)13-8-14(18(21)22)10-15(9-13)19(23)24/h1-5,8-10H,6-7,11H2,(H,17,20). The van der Waals surface area contributed by atoms with Crippen molar-refractivity contribution >= 4 is 29.0 Å². The zero-order valence-corrected chi connectivity index (χ0v) is 13.9. The first-order valence-electron chi connectivity index (χ1n) is 7.31. The van der Waals surface area contributed by atoms with E-state index in [4.69, 9.17) is 0 Å². The number of carbonyl (C=O) groups is 1. The van der Waals surface area contributed by atoms with Crippen molar-refractivity contribution in [3.8, 4) is 0 Å². The molecule has 0 radical (unpaired) electrons. The Morgan fingerprint density at radius 3 is 2.16 bits per heavy atom. The molecule has 0 aliphatic carbocycles. The molecule has 1 amide bonds. The number of amides is 1. The molecule has 0 saturated carbocycles. The van der Waals surface area contributed by atoms with Gasteiger partial charge in [-0.2, -0.15) is 11.8 Å². The van der Waals surface area contributed by atoms with Crippen LogP contribution in [-0.4, -0.2) is 28.1 Å². The molecule has 2 aromatic rings. The molecule has 0 aliphatic rings. The van der Waals surface area contributed by atoms with Gasteiger partial charge in [-0.25, -0.2) is 0 Å². The fourth-order valence-corrected chi connectivity index (χ4v) is 2.86. The van der Waals surface area contributed by atoms with E-state index < -0.39 is 27.1 Å². The van der Waals surface area contributed by atoms with E-state index in [2.05, 4.69) is 5.32 Å². The first kappa shape index (κ1) is 18.4. The third-order valence-electron chi connectivity index (χ3n) is 3.23. The highest BCUT2D eigenvalue weighted by Crippen LogP contribution is 2.22. The Morgan fingerprint density at radius 1 is 1.00 bits per heavy atom.